The molecule has 0 spiro atoms. The molecule has 0 unspecified atom stereocenters. The highest BCUT2D eigenvalue weighted by atomic mass is 32.1. The first-order valence-electron chi connectivity index (χ1n) is 5.04. The van der Waals surface area contributed by atoms with Gasteiger partial charge in [0.25, 0.3) is 0 Å². The van der Waals surface area contributed by atoms with Crippen LogP contribution in [-0.2, 0) is 6.42 Å². The van der Waals surface area contributed by atoms with E-state index in [2.05, 4.69) is 37.3 Å². The van der Waals surface area contributed by atoms with Crippen LogP contribution in [-0.4, -0.2) is 0 Å². The molecule has 1 aliphatic rings. The summed E-state index contributed by atoms with van der Waals surface area (Å²) >= 11 is 1.94. The van der Waals surface area contributed by atoms with Crippen molar-refractivity contribution in [3.8, 4) is 0 Å². The first-order chi connectivity index (χ1) is 6.86. The Morgan fingerprint density at radius 2 is 2.21 bits per heavy atom. The van der Waals surface area contributed by atoms with Crippen LogP contribution in [0.25, 0.3) is 16.2 Å². The third-order valence-corrected chi connectivity index (χ3v) is 4.23. The van der Waals surface area contributed by atoms with Crippen LogP contribution in [0.4, 0.5) is 0 Å². The molecule has 0 saturated carbocycles. The summed E-state index contributed by atoms with van der Waals surface area (Å²) in [6.45, 7) is 2.20. The van der Waals surface area contributed by atoms with Crippen LogP contribution in [0.3, 0.4) is 0 Å². The lowest BCUT2D eigenvalue weighted by molar-refractivity contribution is 1.01. The molecule has 14 heavy (non-hydrogen) atoms. The van der Waals surface area contributed by atoms with Gasteiger partial charge in [-0.05, 0) is 42.4 Å². The molecule has 0 radical (unpaired) electrons. The number of allylic oxidation sites excluding steroid dienone is 1. The number of aryl methyl sites for hydroxylation is 2. The minimum atomic E-state index is 1.20. The third kappa shape index (κ3) is 1.05. The van der Waals surface area contributed by atoms with Crippen molar-refractivity contribution in [3.05, 3.63) is 40.3 Å². The molecule has 1 aliphatic carbocycles. The number of rotatable bonds is 0. The van der Waals surface area contributed by atoms with E-state index in [1.165, 1.54) is 33.4 Å². The van der Waals surface area contributed by atoms with Crippen LogP contribution in [0.5, 0.6) is 0 Å². The molecule has 0 N–H and O–H groups in total. The van der Waals surface area contributed by atoms with Crippen molar-refractivity contribution in [2.45, 2.75) is 19.8 Å². The summed E-state index contributed by atoms with van der Waals surface area (Å²) in [5, 5.41) is 1.48. The van der Waals surface area contributed by atoms with Crippen molar-refractivity contribution >= 4 is 27.5 Å². The first kappa shape index (κ1) is 8.25. The largest absolute Gasteiger partial charge is 0.135 e. The van der Waals surface area contributed by atoms with Gasteiger partial charge in [0.05, 0.1) is 0 Å². The Hall–Kier alpha value is -1.08. The van der Waals surface area contributed by atoms with E-state index in [1.807, 2.05) is 11.3 Å². The van der Waals surface area contributed by atoms with Crippen LogP contribution in [0.2, 0.25) is 0 Å². The van der Waals surface area contributed by atoms with E-state index in [1.54, 1.807) is 5.56 Å². The lowest BCUT2D eigenvalue weighted by Crippen LogP contribution is -1.88. The predicted octanol–water partition coefficient (Wildman–Crippen LogP) is 4.17. The number of thiophene rings is 1. The summed E-state index contributed by atoms with van der Waals surface area (Å²) in [5.74, 6) is 0. The van der Waals surface area contributed by atoms with Gasteiger partial charge in [-0.1, -0.05) is 24.3 Å². The second-order valence-corrected chi connectivity index (χ2v) is 4.89. The predicted molar refractivity (Wildman–Crippen MR) is 63.9 cm³/mol. The van der Waals surface area contributed by atoms with Gasteiger partial charge in [0, 0.05) is 9.58 Å². The number of benzene rings is 1. The van der Waals surface area contributed by atoms with Gasteiger partial charge >= 0.3 is 0 Å². The van der Waals surface area contributed by atoms with Crippen molar-refractivity contribution in [3.63, 3.8) is 0 Å². The van der Waals surface area contributed by atoms with E-state index in [4.69, 9.17) is 0 Å². The van der Waals surface area contributed by atoms with E-state index in [0.29, 0.717) is 0 Å². The SMILES string of the molecule is Cc1cccc2c3c(sc12)C=CCC3. The molecule has 0 atom stereocenters. The van der Waals surface area contributed by atoms with Gasteiger partial charge < -0.3 is 0 Å². The molecule has 2 aromatic rings. The number of hydrogen-bond acceptors (Lipinski definition) is 1. The zero-order valence-corrected chi connectivity index (χ0v) is 9.03. The molecule has 1 aromatic heterocycles. The number of fused-ring (bicyclic) bond motifs is 3. The highest BCUT2D eigenvalue weighted by molar-refractivity contribution is 7.20. The second-order valence-electron chi connectivity index (χ2n) is 3.84. The average molecular weight is 200 g/mol. The summed E-state index contributed by atoms with van der Waals surface area (Å²) in [5.41, 5.74) is 2.98. The number of hydrogen-bond donors (Lipinski definition) is 0. The van der Waals surface area contributed by atoms with E-state index in [-0.39, 0.29) is 0 Å². The van der Waals surface area contributed by atoms with Crippen LogP contribution in [0, 0.1) is 6.92 Å². The lowest BCUT2D eigenvalue weighted by Gasteiger charge is -2.04. The molecule has 0 nitrogen and oxygen atoms in total. The molecule has 1 heteroatoms. The monoisotopic (exact) mass is 200 g/mol. The average Bonchev–Trinajstić information content (AvgIpc) is 2.59. The van der Waals surface area contributed by atoms with Crippen molar-refractivity contribution in [1.29, 1.82) is 0 Å². The highest BCUT2D eigenvalue weighted by Gasteiger charge is 2.12. The summed E-state index contributed by atoms with van der Waals surface area (Å²) in [7, 11) is 0. The van der Waals surface area contributed by atoms with Crippen LogP contribution < -0.4 is 0 Å². The fraction of sp³-hybridized carbons (Fsp3) is 0.231. The fourth-order valence-corrected chi connectivity index (χ4v) is 3.39. The van der Waals surface area contributed by atoms with Gasteiger partial charge in [0.15, 0.2) is 0 Å². The molecule has 0 saturated heterocycles. The Labute approximate surface area is 87.9 Å². The van der Waals surface area contributed by atoms with Gasteiger partial charge in [0.1, 0.15) is 0 Å². The molecular weight excluding hydrogens is 188 g/mol. The van der Waals surface area contributed by atoms with Crippen LogP contribution in [0.15, 0.2) is 24.3 Å². The molecule has 0 aliphatic heterocycles. The van der Waals surface area contributed by atoms with Gasteiger partial charge in [0.2, 0.25) is 0 Å². The smallest absolute Gasteiger partial charge is 0.0381 e. The maximum absolute atomic E-state index is 2.28. The first-order valence-corrected chi connectivity index (χ1v) is 5.85. The molecule has 3 rings (SSSR count). The summed E-state index contributed by atoms with van der Waals surface area (Å²) in [4.78, 5) is 1.47. The lowest BCUT2D eigenvalue weighted by atomic mass is 10.0. The zero-order valence-electron chi connectivity index (χ0n) is 8.21. The van der Waals surface area contributed by atoms with E-state index in [9.17, 15) is 0 Å². The molecule has 0 amide bonds. The molecule has 0 bridgehead atoms. The molecular formula is C13H12S. The minimum Gasteiger partial charge on any atom is -0.135 e. The van der Waals surface area contributed by atoms with Crippen molar-refractivity contribution in [2.24, 2.45) is 0 Å². The Kier molecular flexibility index (Phi) is 1.74. The fourth-order valence-electron chi connectivity index (χ4n) is 2.14. The van der Waals surface area contributed by atoms with E-state index < -0.39 is 0 Å². The highest BCUT2D eigenvalue weighted by Crippen LogP contribution is 2.36. The maximum atomic E-state index is 2.28. The molecule has 1 heterocycles. The zero-order chi connectivity index (χ0) is 9.54. The normalized spacial score (nSPS) is 14.6. The van der Waals surface area contributed by atoms with Crippen LogP contribution in [0.1, 0.15) is 22.4 Å². The molecule has 0 fully saturated rings. The Balaban J connectivity index is 2.43. The standard InChI is InChI=1S/C13H12S/c1-9-5-4-7-11-10-6-2-3-8-12(10)14-13(9)11/h3-5,7-8H,2,6H2,1H3. The quantitative estimate of drug-likeness (QED) is 0.598. The van der Waals surface area contributed by atoms with Gasteiger partial charge in [-0.2, -0.15) is 0 Å². The maximum Gasteiger partial charge on any atom is 0.0381 e. The Morgan fingerprint density at radius 1 is 1.29 bits per heavy atom. The van der Waals surface area contributed by atoms with Crippen LogP contribution >= 0.6 is 11.3 Å². The summed E-state index contributed by atoms with van der Waals surface area (Å²) in [6.07, 6.45) is 6.98. The van der Waals surface area contributed by atoms with Gasteiger partial charge in [-0.3, -0.25) is 0 Å². The second kappa shape index (κ2) is 2.96. The van der Waals surface area contributed by atoms with Gasteiger partial charge in [-0.25, -0.2) is 0 Å². The Morgan fingerprint density at radius 3 is 3.14 bits per heavy atom. The topological polar surface area (TPSA) is 0 Å². The summed E-state index contributed by atoms with van der Waals surface area (Å²) in [6, 6.07) is 6.63. The van der Waals surface area contributed by atoms with Crippen molar-refractivity contribution in [1.82, 2.24) is 0 Å². The Bertz CT molecular complexity index is 517. The molecule has 70 valence electrons. The van der Waals surface area contributed by atoms with E-state index in [0.717, 1.165) is 0 Å². The third-order valence-electron chi connectivity index (χ3n) is 2.88. The molecule has 1 aromatic carbocycles. The van der Waals surface area contributed by atoms with E-state index >= 15 is 0 Å². The van der Waals surface area contributed by atoms with Crippen molar-refractivity contribution in [2.75, 3.05) is 0 Å². The van der Waals surface area contributed by atoms with Crippen molar-refractivity contribution < 1.29 is 0 Å². The minimum absolute atomic E-state index is 1.20. The van der Waals surface area contributed by atoms with Gasteiger partial charge in [-0.15, -0.1) is 11.3 Å². The summed E-state index contributed by atoms with van der Waals surface area (Å²) < 4.78 is 1.48.